The number of hydrogen-bond donors (Lipinski definition) is 2. The number of amides is 1. The summed E-state index contributed by atoms with van der Waals surface area (Å²) in [5, 5.41) is 13.4. The van der Waals surface area contributed by atoms with Crippen LogP contribution < -0.4 is 10.1 Å². The van der Waals surface area contributed by atoms with Gasteiger partial charge in [-0.3, -0.25) is 4.79 Å². The molecule has 1 aliphatic heterocycles. The molecule has 1 saturated heterocycles. The molecule has 1 fully saturated rings. The molecule has 0 aliphatic carbocycles. The van der Waals surface area contributed by atoms with Crippen molar-refractivity contribution in [3.63, 3.8) is 0 Å². The van der Waals surface area contributed by atoms with Crippen LogP contribution in [0.25, 0.3) is 0 Å². The maximum atomic E-state index is 12.6. The molecule has 1 atom stereocenters. The van der Waals surface area contributed by atoms with Gasteiger partial charge < -0.3 is 20.1 Å². The molecule has 0 bridgehead atoms. The first-order valence-electron chi connectivity index (χ1n) is 7.55. The highest BCUT2D eigenvalue weighted by Gasteiger charge is 2.22. The van der Waals surface area contributed by atoms with E-state index < -0.39 is 0 Å². The number of phenols is 1. The third kappa shape index (κ3) is 3.88. The van der Waals surface area contributed by atoms with E-state index in [2.05, 4.69) is 5.32 Å². The number of methoxy groups -OCH3 is 1. The Labute approximate surface area is 125 Å². The largest absolute Gasteiger partial charge is 0.507 e. The number of likely N-dealkylation sites (N-methyl/N-ethyl adjacent to an activating group) is 1. The average Bonchev–Trinajstić information content (AvgIpc) is 2.53. The molecule has 116 valence electrons. The molecular weight excluding hydrogens is 268 g/mol. The topological polar surface area (TPSA) is 61.8 Å². The standard InChI is InChI=1S/C16H24N2O3/c1-3-18(11-12-6-4-5-9-17-12)16(20)14-10-13(21-2)7-8-15(14)19/h7-8,10,12,17,19H,3-6,9,11H2,1-2H3. The molecule has 1 aromatic rings. The van der Waals surface area contributed by atoms with E-state index in [1.54, 1.807) is 24.1 Å². The molecule has 0 radical (unpaired) electrons. The maximum absolute atomic E-state index is 12.6. The van der Waals surface area contributed by atoms with Crippen molar-refractivity contribution in [2.24, 2.45) is 0 Å². The smallest absolute Gasteiger partial charge is 0.257 e. The summed E-state index contributed by atoms with van der Waals surface area (Å²) in [4.78, 5) is 14.4. The maximum Gasteiger partial charge on any atom is 0.257 e. The lowest BCUT2D eigenvalue weighted by molar-refractivity contribution is 0.0738. The zero-order valence-corrected chi connectivity index (χ0v) is 12.8. The molecule has 1 unspecified atom stereocenters. The van der Waals surface area contributed by atoms with Crippen LogP contribution in [0.4, 0.5) is 0 Å². The van der Waals surface area contributed by atoms with Gasteiger partial charge in [0.15, 0.2) is 0 Å². The normalized spacial score (nSPS) is 18.3. The Kier molecular flexibility index (Phi) is 5.44. The van der Waals surface area contributed by atoms with Crippen LogP contribution in [0.1, 0.15) is 36.5 Å². The molecule has 0 saturated carbocycles. The van der Waals surface area contributed by atoms with E-state index in [0.717, 1.165) is 13.0 Å². The Balaban J connectivity index is 2.11. The molecule has 1 aliphatic rings. The minimum Gasteiger partial charge on any atom is -0.507 e. The fourth-order valence-electron chi connectivity index (χ4n) is 2.69. The Morgan fingerprint density at radius 2 is 2.29 bits per heavy atom. The highest BCUT2D eigenvalue weighted by atomic mass is 16.5. The summed E-state index contributed by atoms with van der Waals surface area (Å²) in [5.41, 5.74) is 0.298. The predicted octanol–water partition coefficient (Wildman–Crippen LogP) is 2.00. The van der Waals surface area contributed by atoms with Gasteiger partial charge in [-0.25, -0.2) is 0 Å². The van der Waals surface area contributed by atoms with E-state index in [9.17, 15) is 9.90 Å². The van der Waals surface area contributed by atoms with Crippen LogP contribution >= 0.6 is 0 Å². The molecule has 0 spiro atoms. The third-order valence-electron chi connectivity index (χ3n) is 3.96. The Morgan fingerprint density at radius 1 is 1.48 bits per heavy atom. The van der Waals surface area contributed by atoms with Crippen LogP contribution in [0.2, 0.25) is 0 Å². The predicted molar refractivity (Wildman–Crippen MR) is 81.9 cm³/mol. The molecule has 5 heteroatoms. The Morgan fingerprint density at radius 3 is 2.90 bits per heavy atom. The van der Waals surface area contributed by atoms with Crippen molar-refractivity contribution in [1.29, 1.82) is 0 Å². The van der Waals surface area contributed by atoms with Crippen molar-refractivity contribution in [3.8, 4) is 11.5 Å². The van der Waals surface area contributed by atoms with Gasteiger partial charge in [-0.05, 0) is 44.5 Å². The van der Waals surface area contributed by atoms with Crippen molar-refractivity contribution >= 4 is 5.91 Å². The number of nitrogens with one attached hydrogen (secondary N) is 1. The lowest BCUT2D eigenvalue weighted by Crippen LogP contribution is -2.45. The molecule has 1 amide bonds. The van der Waals surface area contributed by atoms with Gasteiger partial charge in [0.2, 0.25) is 0 Å². The Bertz CT molecular complexity index is 484. The first kappa shape index (κ1) is 15.6. The number of phenolic OH excluding ortho intramolecular Hbond substituents is 1. The van der Waals surface area contributed by atoms with E-state index >= 15 is 0 Å². The van der Waals surface area contributed by atoms with Crippen molar-refractivity contribution < 1.29 is 14.6 Å². The van der Waals surface area contributed by atoms with Crippen LogP contribution in [0.15, 0.2) is 18.2 Å². The summed E-state index contributed by atoms with van der Waals surface area (Å²) >= 11 is 0. The van der Waals surface area contributed by atoms with Gasteiger partial charge >= 0.3 is 0 Å². The zero-order valence-electron chi connectivity index (χ0n) is 12.8. The zero-order chi connectivity index (χ0) is 15.2. The molecule has 1 aromatic carbocycles. The van der Waals surface area contributed by atoms with E-state index in [-0.39, 0.29) is 11.7 Å². The second-order valence-electron chi connectivity index (χ2n) is 5.37. The number of carbonyl (C=O) groups excluding carboxylic acids is 1. The molecule has 1 heterocycles. The molecule has 2 rings (SSSR count). The Hall–Kier alpha value is -1.75. The lowest BCUT2D eigenvalue weighted by atomic mass is 10.0. The highest BCUT2D eigenvalue weighted by molar-refractivity contribution is 5.97. The van der Waals surface area contributed by atoms with Gasteiger partial charge in [0.1, 0.15) is 11.5 Å². The minimum absolute atomic E-state index is 0.00384. The second-order valence-corrected chi connectivity index (χ2v) is 5.37. The van der Waals surface area contributed by atoms with Crippen LogP contribution in [0.5, 0.6) is 11.5 Å². The molecule has 2 N–H and O–H groups in total. The van der Waals surface area contributed by atoms with E-state index in [1.807, 2.05) is 6.92 Å². The summed E-state index contributed by atoms with van der Waals surface area (Å²) in [7, 11) is 1.55. The quantitative estimate of drug-likeness (QED) is 0.871. The van der Waals surface area contributed by atoms with Crippen molar-refractivity contribution in [3.05, 3.63) is 23.8 Å². The SMILES string of the molecule is CCN(CC1CCCCN1)C(=O)c1cc(OC)ccc1O. The number of hydrogen-bond acceptors (Lipinski definition) is 4. The number of rotatable bonds is 5. The molecule has 5 nitrogen and oxygen atoms in total. The first-order valence-corrected chi connectivity index (χ1v) is 7.55. The number of aromatic hydroxyl groups is 1. The number of ether oxygens (including phenoxy) is 1. The van der Waals surface area contributed by atoms with E-state index in [1.165, 1.54) is 18.9 Å². The fraction of sp³-hybridized carbons (Fsp3) is 0.562. The average molecular weight is 292 g/mol. The van der Waals surface area contributed by atoms with E-state index in [0.29, 0.717) is 30.4 Å². The van der Waals surface area contributed by atoms with Crippen molar-refractivity contribution in [1.82, 2.24) is 10.2 Å². The number of nitrogens with zero attached hydrogens (tertiary/aromatic N) is 1. The minimum atomic E-state index is -0.152. The first-order chi connectivity index (χ1) is 10.2. The fourth-order valence-corrected chi connectivity index (χ4v) is 2.69. The number of piperidine rings is 1. The van der Waals surface area contributed by atoms with Gasteiger partial charge in [-0.2, -0.15) is 0 Å². The molecule has 21 heavy (non-hydrogen) atoms. The van der Waals surface area contributed by atoms with E-state index in [4.69, 9.17) is 4.74 Å². The lowest BCUT2D eigenvalue weighted by Gasteiger charge is -2.30. The van der Waals surface area contributed by atoms with Crippen LogP contribution in [0, 0.1) is 0 Å². The van der Waals surface area contributed by atoms with Crippen LogP contribution in [0.3, 0.4) is 0 Å². The number of benzene rings is 1. The molecule has 0 aromatic heterocycles. The number of carbonyl (C=O) groups is 1. The van der Waals surface area contributed by atoms with Crippen LogP contribution in [-0.2, 0) is 0 Å². The van der Waals surface area contributed by atoms with Crippen molar-refractivity contribution in [2.75, 3.05) is 26.7 Å². The second kappa shape index (κ2) is 7.31. The molecular formula is C16H24N2O3. The monoisotopic (exact) mass is 292 g/mol. The summed E-state index contributed by atoms with van der Waals surface area (Å²) < 4.78 is 5.13. The van der Waals surface area contributed by atoms with Gasteiger partial charge in [0.05, 0.1) is 12.7 Å². The summed E-state index contributed by atoms with van der Waals surface area (Å²) in [6.07, 6.45) is 3.49. The summed E-state index contributed by atoms with van der Waals surface area (Å²) in [5.74, 6) is 0.417. The van der Waals surface area contributed by atoms with Gasteiger partial charge in [0.25, 0.3) is 5.91 Å². The summed E-state index contributed by atoms with van der Waals surface area (Å²) in [6.45, 7) is 4.26. The summed E-state index contributed by atoms with van der Waals surface area (Å²) in [6, 6.07) is 5.08. The van der Waals surface area contributed by atoms with Gasteiger partial charge in [0, 0.05) is 19.1 Å². The van der Waals surface area contributed by atoms with Crippen LogP contribution in [-0.4, -0.2) is 48.7 Å². The third-order valence-corrected chi connectivity index (χ3v) is 3.96. The van der Waals surface area contributed by atoms with Crippen molar-refractivity contribution in [2.45, 2.75) is 32.2 Å². The van der Waals surface area contributed by atoms with Gasteiger partial charge in [-0.1, -0.05) is 6.42 Å². The highest BCUT2D eigenvalue weighted by Crippen LogP contribution is 2.24. The van der Waals surface area contributed by atoms with Gasteiger partial charge in [-0.15, -0.1) is 0 Å².